The van der Waals surface area contributed by atoms with Crippen LogP contribution in [-0.4, -0.2) is 32.4 Å². The summed E-state index contributed by atoms with van der Waals surface area (Å²) >= 11 is 0. The summed E-state index contributed by atoms with van der Waals surface area (Å²) in [5, 5.41) is 2.77. The minimum atomic E-state index is -3.82. The van der Waals surface area contributed by atoms with Crippen LogP contribution in [0.1, 0.15) is 41.3 Å². The van der Waals surface area contributed by atoms with Crippen molar-refractivity contribution >= 4 is 21.9 Å². The summed E-state index contributed by atoms with van der Waals surface area (Å²) in [6.07, 6.45) is 0.905. The Bertz CT molecular complexity index is 1000. The highest BCUT2D eigenvalue weighted by Gasteiger charge is 2.28. The first-order valence-electron chi connectivity index (χ1n) is 9.42. The molecule has 1 fully saturated rings. The standard InChI is InChI=1S/C21H24N2O5S/c1-14-8-11-18(29(26,27)22-13-16-6-4-3-5-7-16)12-19(14)21(25)28-15(2)20(24)23-17-9-10-17/h3-8,11-12,15,17,22H,9-10,13H2,1-2H3,(H,23,24)/t15-/m1/s1. The third kappa shape index (κ3) is 5.65. The normalized spacial score (nSPS) is 14.8. The quantitative estimate of drug-likeness (QED) is 0.643. The van der Waals surface area contributed by atoms with E-state index < -0.39 is 22.1 Å². The molecule has 0 heterocycles. The molecule has 1 saturated carbocycles. The maximum Gasteiger partial charge on any atom is 0.339 e. The molecule has 1 aliphatic carbocycles. The number of aryl methyl sites for hydroxylation is 1. The van der Waals surface area contributed by atoms with Gasteiger partial charge in [-0.2, -0.15) is 0 Å². The van der Waals surface area contributed by atoms with E-state index in [0.29, 0.717) is 5.56 Å². The van der Waals surface area contributed by atoms with Crippen molar-refractivity contribution in [2.45, 2.75) is 50.3 Å². The molecule has 154 valence electrons. The molecule has 3 rings (SSSR count). The van der Waals surface area contributed by atoms with Crippen molar-refractivity contribution in [1.82, 2.24) is 10.0 Å². The summed E-state index contributed by atoms with van der Waals surface area (Å²) in [5.74, 6) is -1.09. The molecule has 0 aliphatic heterocycles. The number of ether oxygens (including phenoxy) is 1. The second kappa shape index (κ2) is 8.75. The molecule has 1 atom stereocenters. The van der Waals surface area contributed by atoms with E-state index in [4.69, 9.17) is 4.74 Å². The Labute approximate surface area is 170 Å². The highest BCUT2D eigenvalue weighted by molar-refractivity contribution is 7.89. The van der Waals surface area contributed by atoms with Crippen LogP contribution in [0, 0.1) is 6.92 Å². The van der Waals surface area contributed by atoms with Crippen LogP contribution >= 0.6 is 0 Å². The Kier molecular flexibility index (Phi) is 6.34. The van der Waals surface area contributed by atoms with Gasteiger partial charge in [0.05, 0.1) is 10.5 Å². The molecule has 2 aromatic rings. The summed E-state index contributed by atoms with van der Waals surface area (Å²) in [5.41, 5.74) is 1.49. The average molecular weight is 416 g/mol. The van der Waals surface area contributed by atoms with E-state index in [1.807, 2.05) is 30.3 Å². The predicted octanol–water partition coefficient (Wildman–Crippen LogP) is 2.30. The largest absolute Gasteiger partial charge is 0.449 e. The van der Waals surface area contributed by atoms with Crippen LogP contribution in [0.5, 0.6) is 0 Å². The molecule has 0 spiro atoms. The topological polar surface area (TPSA) is 102 Å². The molecule has 0 unspecified atom stereocenters. The van der Waals surface area contributed by atoms with Crippen LogP contribution in [0.4, 0.5) is 0 Å². The number of amides is 1. The lowest BCUT2D eigenvalue weighted by molar-refractivity contribution is -0.129. The SMILES string of the molecule is Cc1ccc(S(=O)(=O)NCc2ccccc2)cc1C(=O)O[C@H](C)C(=O)NC1CC1. The second-order valence-corrected chi connectivity index (χ2v) is 8.88. The van der Waals surface area contributed by atoms with Gasteiger partial charge in [0.2, 0.25) is 10.0 Å². The third-order valence-electron chi connectivity index (χ3n) is 4.63. The molecule has 2 aromatic carbocycles. The van der Waals surface area contributed by atoms with Crippen LogP contribution in [0.2, 0.25) is 0 Å². The van der Waals surface area contributed by atoms with E-state index >= 15 is 0 Å². The molecule has 7 nitrogen and oxygen atoms in total. The molecule has 29 heavy (non-hydrogen) atoms. The summed E-state index contributed by atoms with van der Waals surface area (Å²) in [7, 11) is -3.82. The number of esters is 1. The Morgan fingerprint density at radius 3 is 2.48 bits per heavy atom. The van der Waals surface area contributed by atoms with Gasteiger partial charge in [-0.3, -0.25) is 4.79 Å². The number of hydrogen-bond donors (Lipinski definition) is 2. The van der Waals surface area contributed by atoms with Gasteiger partial charge >= 0.3 is 5.97 Å². The molecule has 0 saturated heterocycles. The molecule has 0 bridgehead atoms. The van der Waals surface area contributed by atoms with Gasteiger partial charge in [0.25, 0.3) is 5.91 Å². The number of nitrogens with one attached hydrogen (secondary N) is 2. The van der Waals surface area contributed by atoms with Crippen molar-refractivity contribution in [2.75, 3.05) is 0 Å². The lowest BCUT2D eigenvalue weighted by atomic mass is 10.1. The van der Waals surface area contributed by atoms with Crippen molar-refractivity contribution in [1.29, 1.82) is 0 Å². The van der Waals surface area contributed by atoms with Crippen molar-refractivity contribution in [2.24, 2.45) is 0 Å². The van der Waals surface area contributed by atoms with E-state index in [0.717, 1.165) is 18.4 Å². The number of carbonyl (C=O) groups excluding carboxylic acids is 2. The second-order valence-electron chi connectivity index (χ2n) is 7.12. The van der Waals surface area contributed by atoms with E-state index in [2.05, 4.69) is 10.0 Å². The zero-order valence-electron chi connectivity index (χ0n) is 16.3. The Morgan fingerprint density at radius 1 is 1.14 bits per heavy atom. The summed E-state index contributed by atoms with van der Waals surface area (Å²) in [6.45, 7) is 3.31. The highest BCUT2D eigenvalue weighted by atomic mass is 32.2. The number of rotatable bonds is 8. The Morgan fingerprint density at radius 2 is 1.83 bits per heavy atom. The lowest BCUT2D eigenvalue weighted by Gasteiger charge is -2.15. The maximum absolute atomic E-state index is 12.6. The van der Waals surface area contributed by atoms with Crippen molar-refractivity contribution in [3.63, 3.8) is 0 Å². The molecule has 2 N–H and O–H groups in total. The summed E-state index contributed by atoms with van der Waals surface area (Å²) in [6, 6.07) is 13.5. The average Bonchev–Trinajstić information content (AvgIpc) is 3.51. The zero-order chi connectivity index (χ0) is 21.0. The maximum atomic E-state index is 12.6. The minimum absolute atomic E-state index is 0.0407. The first kappa shape index (κ1) is 21.0. The fourth-order valence-electron chi connectivity index (χ4n) is 2.67. The van der Waals surface area contributed by atoms with Crippen LogP contribution in [0.25, 0.3) is 0 Å². The van der Waals surface area contributed by atoms with Gasteiger partial charge < -0.3 is 10.1 Å². The smallest absolute Gasteiger partial charge is 0.339 e. The fraction of sp³-hybridized carbons (Fsp3) is 0.333. The van der Waals surface area contributed by atoms with E-state index in [-0.39, 0.29) is 29.0 Å². The van der Waals surface area contributed by atoms with Crippen LogP contribution < -0.4 is 10.0 Å². The van der Waals surface area contributed by atoms with Gasteiger partial charge in [-0.1, -0.05) is 36.4 Å². The Hall–Kier alpha value is -2.71. The number of sulfonamides is 1. The first-order valence-corrected chi connectivity index (χ1v) is 10.9. The summed E-state index contributed by atoms with van der Waals surface area (Å²) < 4.78 is 33.0. The van der Waals surface area contributed by atoms with E-state index in [1.165, 1.54) is 19.1 Å². The fourth-order valence-corrected chi connectivity index (χ4v) is 3.71. The molecule has 8 heteroatoms. The van der Waals surface area contributed by atoms with Gasteiger partial charge in [-0.15, -0.1) is 0 Å². The van der Waals surface area contributed by atoms with Gasteiger partial charge in [0.1, 0.15) is 0 Å². The van der Waals surface area contributed by atoms with Crippen molar-refractivity contribution in [3.05, 3.63) is 65.2 Å². The summed E-state index contributed by atoms with van der Waals surface area (Å²) in [4.78, 5) is 24.5. The first-order chi connectivity index (χ1) is 13.8. The van der Waals surface area contributed by atoms with Crippen LogP contribution in [0.3, 0.4) is 0 Å². The molecule has 0 aromatic heterocycles. The molecular formula is C21H24N2O5S. The zero-order valence-corrected chi connectivity index (χ0v) is 17.2. The highest BCUT2D eigenvalue weighted by Crippen LogP contribution is 2.20. The number of benzene rings is 2. The van der Waals surface area contributed by atoms with E-state index in [9.17, 15) is 18.0 Å². The molecule has 1 amide bonds. The monoisotopic (exact) mass is 416 g/mol. The van der Waals surface area contributed by atoms with Gasteiger partial charge in [-0.05, 0) is 49.9 Å². The van der Waals surface area contributed by atoms with E-state index in [1.54, 1.807) is 13.0 Å². The van der Waals surface area contributed by atoms with Crippen molar-refractivity contribution in [3.8, 4) is 0 Å². The number of hydrogen-bond acceptors (Lipinski definition) is 5. The van der Waals surface area contributed by atoms with Gasteiger partial charge in [0, 0.05) is 12.6 Å². The third-order valence-corrected chi connectivity index (χ3v) is 6.02. The van der Waals surface area contributed by atoms with Crippen LogP contribution in [0.15, 0.2) is 53.4 Å². The molecule has 1 aliphatic rings. The van der Waals surface area contributed by atoms with Gasteiger partial charge in [-0.25, -0.2) is 17.9 Å². The number of carbonyl (C=O) groups is 2. The van der Waals surface area contributed by atoms with Crippen LogP contribution in [-0.2, 0) is 26.1 Å². The minimum Gasteiger partial charge on any atom is -0.449 e. The molecular weight excluding hydrogens is 392 g/mol. The Balaban J connectivity index is 1.70. The predicted molar refractivity (Wildman–Crippen MR) is 108 cm³/mol. The lowest BCUT2D eigenvalue weighted by Crippen LogP contribution is -2.37. The molecule has 0 radical (unpaired) electrons. The van der Waals surface area contributed by atoms with Crippen molar-refractivity contribution < 1.29 is 22.7 Å². The van der Waals surface area contributed by atoms with Gasteiger partial charge in [0.15, 0.2) is 6.10 Å².